The van der Waals surface area contributed by atoms with Crippen molar-refractivity contribution in [3.8, 4) is 6.07 Å². The Morgan fingerprint density at radius 1 is 1.62 bits per heavy atom. The molecule has 0 radical (unpaired) electrons. The lowest BCUT2D eigenvalue weighted by Gasteiger charge is -2.02. The lowest BCUT2D eigenvalue weighted by molar-refractivity contribution is -0.137. The first-order valence-electron chi connectivity index (χ1n) is 4.48. The number of allylic oxidation sites excluding steroid dienone is 1. The predicted molar refractivity (Wildman–Crippen MR) is 53.6 cm³/mol. The molecule has 1 aromatic heterocycles. The number of rotatable bonds is 3. The summed E-state index contributed by atoms with van der Waals surface area (Å²) in [5.74, 6) is -0.695. The van der Waals surface area contributed by atoms with Gasteiger partial charge in [0.15, 0.2) is 11.5 Å². The van der Waals surface area contributed by atoms with Crippen LogP contribution in [0, 0.1) is 11.3 Å². The van der Waals surface area contributed by atoms with Crippen molar-refractivity contribution in [3.05, 3.63) is 11.3 Å². The second-order valence-corrected chi connectivity index (χ2v) is 2.83. The fourth-order valence-corrected chi connectivity index (χ4v) is 1.06. The summed E-state index contributed by atoms with van der Waals surface area (Å²) < 4.78 is 9.10. The fourth-order valence-electron chi connectivity index (χ4n) is 1.06. The third-order valence-electron chi connectivity index (χ3n) is 1.84. The maximum atomic E-state index is 11.4. The van der Waals surface area contributed by atoms with Gasteiger partial charge in [0, 0.05) is 5.57 Å². The zero-order chi connectivity index (χ0) is 12.1. The topological polar surface area (TPSA) is 115 Å². The van der Waals surface area contributed by atoms with Gasteiger partial charge in [-0.3, -0.25) is 0 Å². The normalized spacial score (nSPS) is 11.6. The minimum Gasteiger partial charge on any atom is -0.462 e. The molecule has 0 aliphatic heterocycles. The Morgan fingerprint density at radius 3 is 2.75 bits per heavy atom. The Bertz CT molecular complexity index is 469. The average molecular weight is 222 g/mol. The van der Waals surface area contributed by atoms with Crippen LogP contribution in [0.4, 0.5) is 5.82 Å². The summed E-state index contributed by atoms with van der Waals surface area (Å²) in [5, 5.41) is 15.7. The third kappa shape index (κ3) is 2.17. The first-order chi connectivity index (χ1) is 7.61. The maximum absolute atomic E-state index is 11.4. The zero-order valence-corrected chi connectivity index (χ0v) is 8.85. The average Bonchev–Trinajstić information content (AvgIpc) is 2.65. The molecule has 1 heterocycles. The second-order valence-electron chi connectivity index (χ2n) is 2.83. The number of carbonyl (C=O) groups is 1. The van der Waals surface area contributed by atoms with Crippen LogP contribution in [0.5, 0.6) is 0 Å². The summed E-state index contributed by atoms with van der Waals surface area (Å²) in [4.78, 5) is 11.4. The highest BCUT2D eigenvalue weighted by molar-refractivity contribution is 6.01. The first kappa shape index (κ1) is 11.7. The number of nitrogen functional groups attached to an aromatic ring is 1. The number of anilines is 1. The molecule has 0 saturated carbocycles. The first-order valence-corrected chi connectivity index (χ1v) is 4.48. The minimum atomic E-state index is -0.718. The molecule has 84 valence electrons. The Morgan fingerprint density at radius 2 is 2.31 bits per heavy atom. The molecule has 0 aliphatic rings. The molecular weight excluding hydrogens is 212 g/mol. The number of hydrogen-bond donors (Lipinski definition) is 1. The van der Waals surface area contributed by atoms with Crippen LogP contribution in [-0.4, -0.2) is 22.9 Å². The van der Waals surface area contributed by atoms with Crippen molar-refractivity contribution in [2.24, 2.45) is 0 Å². The summed E-state index contributed by atoms with van der Waals surface area (Å²) in [6.07, 6.45) is 0. The zero-order valence-electron chi connectivity index (χ0n) is 8.85. The largest absolute Gasteiger partial charge is 0.462 e. The molecule has 0 bridgehead atoms. The van der Waals surface area contributed by atoms with Crippen LogP contribution in [0.25, 0.3) is 5.57 Å². The molecule has 7 nitrogen and oxygen atoms in total. The highest BCUT2D eigenvalue weighted by Crippen LogP contribution is 2.20. The van der Waals surface area contributed by atoms with Crippen LogP contribution < -0.4 is 5.73 Å². The van der Waals surface area contributed by atoms with E-state index >= 15 is 0 Å². The Labute approximate surface area is 91.4 Å². The van der Waals surface area contributed by atoms with Crippen molar-refractivity contribution >= 4 is 17.4 Å². The molecule has 2 N–H and O–H groups in total. The number of nitriles is 1. The number of carbonyl (C=O) groups excluding carboxylic acids is 1. The van der Waals surface area contributed by atoms with Crippen LogP contribution in [0.15, 0.2) is 10.2 Å². The number of ether oxygens (including phenoxy) is 1. The summed E-state index contributed by atoms with van der Waals surface area (Å²) in [6.45, 7) is 3.35. The van der Waals surface area contributed by atoms with E-state index in [1.54, 1.807) is 13.0 Å². The number of aromatic nitrogens is 2. The van der Waals surface area contributed by atoms with E-state index in [1.807, 2.05) is 0 Å². The van der Waals surface area contributed by atoms with E-state index in [2.05, 4.69) is 14.9 Å². The molecule has 1 aromatic rings. The minimum absolute atomic E-state index is 0.0227. The monoisotopic (exact) mass is 222 g/mol. The van der Waals surface area contributed by atoms with Gasteiger partial charge in [0.2, 0.25) is 0 Å². The predicted octanol–water partition coefficient (Wildman–Crippen LogP) is 0.512. The molecule has 16 heavy (non-hydrogen) atoms. The molecule has 0 aliphatic carbocycles. The smallest absolute Gasteiger partial charge is 0.349 e. The molecular formula is C9H10N4O3. The highest BCUT2D eigenvalue weighted by Gasteiger charge is 2.19. The summed E-state index contributed by atoms with van der Waals surface area (Å²) in [6, 6.07) is 1.74. The second kappa shape index (κ2) is 4.93. The van der Waals surface area contributed by atoms with Gasteiger partial charge >= 0.3 is 5.97 Å². The van der Waals surface area contributed by atoms with E-state index in [0.29, 0.717) is 0 Å². The summed E-state index contributed by atoms with van der Waals surface area (Å²) in [5.41, 5.74) is 5.73. The maximum Gasteiger partial charge on any atom is 0.349 e. The number of hydrogen-bond acceptors (Lipinski definition) is 7. The van der Waals surface area contributed by atoms with Gasteiger partial charge in [-0.2, -0.15) is 5.26 Å². The summed E-state index contributed by atoms with van der Waals surface area (Å²) in [7, 11) is 0. The molecule has 1 rings (SSSR count). The van der Waals surface area contributed by atoms with Crippen molar-refractivity contribution in [1.29, 1.82) is 5.26 Å². The van der Waals surface area contributed by atoms with E-state index in [-0.39, 0.29) is 29.3 Å². The van der Waals surface area contributed by atoms with Gasteiger partial charge in [0.25, 0.3) is 0 Å². The van der Waals surface area contributed by atoms with Crippen LogP contribution in [0.1, 0.15) is 19.5 Å². The van der Waals surface area contributed by atoms with E-state index < -0.39 is 5.97 Å². The van der Waals surface area contributed by atoms with Gasteiger partial charge in [-0.15, -0.1) is 0 Å². The Kier molecular flexibility index (Phi) is 3.61. The number of nitrogens with two attached hydrogens (primary N) is 1. The van der Waals surface area contributed by atoms with Gasteiger partial charge in [0.05, 0.1) is 6.61 Å². The number of nitrogens with zero attached hydrogens (tertiary/aromatic N) is 3. The van der Waals surface area contributed by atoms with E-state index in [9.17, 15) is 4.79 Å². The molecule has 0 unspecified atom stereocenters. The summed E-state index contributed by atoms with van der Waals surface area (Å²) >= 11 is 0. The molecule has 0 atom stereocenters. The van der Waals surface area contributed by atoms with E-state index in [0.717, 1.165) is 0 Å². The van der Waals surface area contributed by atoms with Crippen LogP contribution in [-0.2, 0) is 9.53 Å². The Balaban J connectivity index is 3.16. The van der Waals surface area contributed by atoms with Crippen molar-refractivity contribution in [2.75, 3.05) is 12.3 Å². The van der Waals surface area contributed by atoms with Crippen molar-refractivity contribution in [1.82, 2.24) is 10.3 Å². The lowest BCUT2D eigenvalue weighted by atomic mass is 10.1. The van der Waals surface area contributed by atoms with E-state index in [1.165, 1.54) is 6.92 Å². The third-order valence-corrected chi connectivity index (χ3v) is 1.84. The van der Waals surface area contributed by atoms with Crippen molar-refractivity contribution < 1.29 is 14.2 Å². The van der Waals surface area contributed by atoms with Crippen molar-refractivity contribution in [3.63, 3.8) is 0 Å². The standard InChI is InChI=1S/C9H10N4O3/c1-3-15-9(14)6(4-10)5(2)7-8(11)13-16-12-7/h3H2,1-2H3,(H2,11,13). The molecule has 0 amide bonds. The highest BCUT2D eigenvalue weighted by atomic mass is 16.6. The van der Waals surface area contributed by atoms with Crippen molar-refractivity contribution in [2.45, 2.75) is 13.8 Å². The molecule has 0 spiro atoms. The van der Waals surface area contributed by atoms with Crippen LogP contribution in [0.3, 0.4) is 0 Å². The molecule has 7 heteroatoms. The lowest BCUT2D eigenvalue weighted by Crippen LogP contribution is -2.08. The van der Waals surface area contributed by atoms with Crippen LogP contribution >= 0.6 is 0 Å². The van der Waals surface area contributed by atoms with Gasteiger partial charge in [-0.1, -0.05) is 0 Å². The number of esters is 1. The molecule has 0 fully saturated rings. The van der Waals surface area contributed by atoms with Gasteiger partial charge in [-0.25, -0.2) is 9.42 Å². The van der Waals surface area contributed by atoms with E-state index in [4.69, 9.17) is 15.7 Å². The Hall–Kier alpha value is -2.36. The molecule has 0 saturated heterocycles. The van der Waals surface area contributed by atoms with Crippen LogP contribution in [0.2, 0.25) is 0 Å². The SMILES string of the molecule is CCOC(=O)C(C#N)=C(C)c1nonc1N. The fraction of sp³-hybridized carbons (Fsp3) is 0.333. The quantitative estimate of drug-likeness (QED) is 0.450. The molecule has 0 aromatic carbocycles. The van der Waals surface area contributed by atoms with Gasteiger partial charge in [0.1, 0.15) is 11.6 Å². The van der Waals surface area contributed by atoms with Gasteiger partial charge in [-0.05, 0) is 24.2 Å². The van der Waals surface area contributed by atoms with Gasteiger partial charge < -0.3 is 10.5 Å².